The molecule has 96 valence electrons. The van der Waals surface area contributed by atoms with Crippen molar-refractivity contribution < 1.29 is 9.59 Å². The van der Waals surface area contributed by atoms with E-state index in [1.54, 1.807) is 34.8 Å². The van der Waals surface area contributed by atoms with E-state index in [2.05, 4.69) is 0 Å². The van der Waals surface area contributed by atoms with Crippen molar-refractivity contribution in [3.8, 4) is 0 Å². The van der Waals surface area contributed by atoms with Crippen LogP contribution < -0.4 is 0 Å². The van der Waals surface area contributed by atoms with E-state index in [4.69, 9.17) is 0 Å². The van der Waals surface area contributed by atoms with Gasteiger partial charge in [0.2, 0.25) is 0 Å². The lowest BCUT2D eigenvalue weighted by atomic mass is 10.1. The highest BCUT2D eigenvalue weighted by Gasteiger charge is 2.03. The van der Waals surface area contributed by atoms with Gasteiger partial charge in [0, 0.05) is 0 Å². The molecule has 0 spiro atoms. The van der Waals surface area contributed by atoms with Crippen LogP contribution in [-0.4, -0.2) is 11.6 Å². The van der Waals surface area contributed by atoms with Crippen LogP contribution in [0.5, 0.6) is 0 Å². The molecule has 2 rings (SSSR count). The second-order valence-corrected chi connectivity index (χ2v) is 5.45. The quantitative estimate of drug-likeness (QED) is 0.593. The van der Waals surface area contributed by atoms with Gasteiger partial charge < -0.3 is 0 Å². The van der Waals surface area contributed by atoms with E-state index in [9.17, 15) is 9.59 Å². The average molecular weight is 288 g/mol. The monoisotopic (exact) mass is 288 g/mol. The zero-order chi connectivity index (χ0) is 13.5. The molecule has 19 heavy (non-hydrogen) atoms. The topological polar surface area (TPSA) is 34.1 Å². The van der Waals surface area contributed by atoms with Gasteiger partial charge in [-0.3, -0.25) is 9.59 Å². The fourth-order valence-electron chi connectivity index (χ4n) is 1.41. The third-order valence-electron chi connectivity index (χ3n) is 2.36. The van der Waals surface area contributed by atoms with E-state index < -0.39 is 0 Å². The van der Waals surface area contributed by atoms with Crippen LogP contribution in [0, 0.1) is 0 Å². The van der Waals surface area contributed by atoms with Gasteiger partial charge in [0.15, 0.2) is 11.6 Å². The summed E-state index contributed by atoms with van der Waals surface area (Å²) < 4.78 is 0. The fraction of sp³-hybridized carbons (Fsp3) is 0.0667. The van der Waals surface area contributed by atoms with Gasteiger partial charge in [-0.25, -0.2) is 0 Å². The van der Waals surface area contributed by atoms with E-state index >= 15 is 0 Å². The van der Waals surface area contributed by atoms with Gasteiger partial charge >= 0.3 is 0 Å². The Labute approximate surface area is 119 Å². The lowest BCUT2D eigenvalue weighted by Gasteiger charge is -1.90. The molecule has 0 atom stereocenters. The van der Waals surface area contributed by atoms with Crippen LogP contribution in [0.2, 0.25) is 0 Å². The van der Waals surface area contributed by atoms with Gasteiger partial charge in [0.25, 0.3) is 0 Å². The molecule has 0 N–H and O–H groups in total. The lowest BCUT2D eigenvalue weighted by Crippen LogP contribution is -2.01. The van der Waals surface area contributed by atoms with Gasteiger partial charge in [-0.05, 0) is 56.9 Å². The molecule has 4 heteroatoms. The first-order valence-electron chi connectivity index (χ1n) is 5.70. The Morgan fingerprint density at radius 2 is 1.37 bits per heavy atom. The Morgan fingerprint density at radius 1 is 0.895 bits per heavy atom. The number of hydrogen-bond acceptors (Lipinski definition) is 4. The standard InChI is InChI=1S/C15H12O2S2/c16-14(3-1-12-5-7-18-10-12)9-15(17)4-2-13-6-8-19-11-13/h1-8,10-11H,9H2/b3-1+,4-2+. The summed E-state index contributed by atoms with van der Waals surface area (Å²) in [6.07, 6.45) is 6.29. The van der Waals surface area contributed by atoms with Gasteiger partial charge in [-0.1, -0.05) is 12.2 Å². The summed E-state index contributed by atoms with van der Waals surface area (Å²) in [5.41, 5.74) is 1.97. The van der Waals surface area contributed by atoms with Crippen LogP contribution >= 0.6 is 22.7 Å². The number of rotatable bonds is 6. The van der Waals surface area contributed by atoms with Gasteiger partial charge in [0.05, 0.1) is 6.42 Å². The minimum absolute atomic E-state index is 0.0821. The average Bonchev–Trinajstić information content (AvgIpc) is 3.07. The Kier molecular flexibility index (Phi) is 5.01. The van der Waals surface area contributed by atoms with Crippen LogP contribution in [-0.2, 0) is 9.59 Å². The largest absolute Gasteiger partial charge is 0.294 e. The first-order valence-corrected chi connectivity index (χ1v) is 7.59. The molecule has 2 heterocycles. The zero-order valence-corrected chi connectivity index (χ0v) is 11.7. The molecule has 2 nitrogen and oxygen atoms in total. The van der Waals surface area contributed by atoms with Crippen LogP contribution in [0.15, 0.2) is 45.8 Å². The predicted octanol–water partition coefficient (Wildman–Crippen LogP) is 4.06. The van der Waals surface area contributed by atoms with Crippen molar-refractivity contribution in [2.24, 2.45) is 0 Å². The highest BCUT2D eigenvalue weighted by Crippen LogP contribution is 2.09. The van der Waals surface area contributed by atoms with Crippen LogP contribution in [0.4, 0.5) is 0 Å². The maximum absolute atomic E-state index is 11.6. The Morgan fingerprint density at radius 3 is 1.74 bits per heavy atom. The van der Waals surface area contributed by atoms with Crippen molar-refractivity contribution in [2.75, 3.05) is 0 Å². The summed E-state index contributed by atoms with van der Waals surface area (Å²) in [5.74, 6) is -0.350. The lowest BCUT2D eigenvalue weighted by molar-refractivity contribution is -0.121. The first-order chi connectivity index (χ1) is 9.24. The molecule has 0 aliphatic rings. The van der Waals surface area contributed by atoms with Crippen molar-refractivity contribution in [1.82, 2.24) is 0 Å². The Hall–Kier alpha value is -1.78. The number of hydrogen-bond donors (Lipinski definition) is 0. The minimum atomic E-state index is -0.175. The number of carbonyl (C=O) groups is 2. The van der Waals surface area contributed by atoms with Crippen molar-refractivity contribution in [3.63, 3.8) is 0 Å². The number of allylic oxidation sites excluding steroid dienone is 2. The third kappa shape index (κ3) is 4.77. The maximum Gasteiger partial charge on any atom is 0.163 e. The predicted molar refractivity (Wildman–Crippen MR) is 81.3 cm³/mol. The first kappa shape index (κ1) is 13.6. The number of thiophene rings is 2. The van der Waals surface area contributed by atoms with E-state index in [1.165, 1.54) is 12.2 Å². The van der Waals surface area contributed by atoms with E-state index in [1.807, 2.05) is 33.7 Å². The molecule has 0 amide bonds. The van der Waals surface area contributed by atoms with E-state index in [-0.39, 0.29) is 18.0 Å². The molecule has 0 saturated heterocycles. The van der Waals surface area contributed by atoms with E-state index in [0.717, 1.165) is 11.1 Å². The van der Waals surface area contributed by atoms with Crippen LogP contribution in [0.25, 0.3) is 12.2 Å². The summed E-state index contributed by atoms with van der Waals surface area (Å²) in [7, 11) is 0. The molecule has 0 bridgehead atoms. The molecular formula is C15H12O2S2. The van der Waals surface area contributed by atoms with Crippen LogP contribution in [0.1, 0.15) is 17.5 Å². The molecular weight excluding hydrogens is 276 g/mol. The van der Waals surface area contributed by atoms with Crippen molar-refractivity contribution in [1.29, 1.82) is 0 Å². The molecule has 0 aliphatic heterocycles. The Bertz CT molecular complexity index is 536. The molecule has 0 aromatic carbocycles. The Balaban J connectivity index is 1.83. The normalized spacial score (nSPS) is 11.4. The SMILES string of the molecule is O=C(/C=C/c1ccsc1)CC(=O)/C=C/c1ccsc1. The van der Waals surface area contributed by atoms with Gasteiger partial charge in [-0.15, -0.1) is 0 Å². The van der Waals surface area contributed by atoms with Crippen molar-refractivity contribution >= 4 is 46.4 Å². The highest BCUT2D eigenvalue weighted by atomic mass is 32.1. The molecule has 0 radical (unpaired) electrons. The molecule has 0 fully saturated rings. The molecule has 0 aliphatic carbocycles. The van der Waals surface area contributed by atoms with Gasteiger partial charge in [0.1, 0.15) is 0 Å². The fourth-order valence-corrected chi connectivity index (χ4v) is 2.66. The van der Waals surface area contributed by atoms with Crippen molar-refractivity contribution in [2.45, 2.75) is 6.42 Å². The summed E-state index contributed by atoms with van der Waals surface area (Å²) in [6.45, 7) is 0. The van der Waals surface area contributed by atoms with E-state index in [0.29, 0.717) is 0 Å². The van der Waals surface area contributed by atoms with Crippen LogP contribution in [0.3, 0.4) is 0 Å². The summed E-state index contributed by atoms with van der Waals surface area (Å²) in [4.78, 5) is 23.1. The van der Waals surface area contributed by atoms with Gasteiger partial charge in [-0.2, -0.15) is 22.7 Å². The highest BCUT2D eigenvalue weighted by molar-refractivity contribution is 7.08. The molecule has 0 unspecified atom stereocenters. The van der Waals surface area contributed by atoms with Crippen molar-refractivity contribution in [3.05, 3.63) is 56.9 Å². The number of ketones is 2. The second-order valence-electron chi connectivity index (χ2n) is 3.89. The molecule has 2 aromatic heterocycles. The summed E-state index contributed by atoms with van der Waals surface area (Å²) >= 11 is 3.14. The summed E-state index contributed by atoms with van der Waals surface area (Å²) in [5, 5.41) is 7.78. The molecule has 0 saturated carbocycles. The smallest absolute Gasteiger partial charge is 0.163 e. The summed E-state index contributed by atoms with van der Waals surface area (Å²) in [6, 6.07) is 3.85. The second kappa shape index (κ2) is 6.97. The number of carbonyl (C=O) groups excluding carboxylic acids is 2. The molecule has 2 aromatic rings. The minimum Gasteiger partial charge on any atom is -0.294 e. The maximum atomic E-state index is 11.6. The zero-order valence-electron chi connectivity index (χ0n) is 10.1. The third-order valence-corrected chi connectivity index (χ3v) is 3.76.